The number of carbonyl (C=O) groups excluding carboxylic acids is 1. The Bertz CT molecular complexity index is 1420. The van der Waals surface area contributed by atoms with Crippen LogP contribution in [-0.2, 0) is 4.79 Å². The van der Waals surface area contributed by atoms with Crippen LogP contribution >= 0.6 is 0 Å². The van der Waals surface area contributed by atoms with E-state index in [1.807, 2.05) is 66.7 Å². The second-order valence-electron chi connectivity index (χ2n) is 7.15. The van der Waals surface area contributed by atoms with Crippen molar-refractivity contribution < 1.29 is 4.79 Å². The molecule has 0 spiro atoms. The Morgan fingerprint density at radius 1 is 0.806 bits per heavy atom. The molecule has 6 nitrogen and oxygen atoms in total. The predicted molar refractivity (Wildman–Crippen MR) is 122 cm³/mol. The van der Waals surface area contributed by atoms with E-state index in [2.05, 4.69) is 4.99 Å². The molecule has 0 atom stereocenters. The van der Waals surface area contributed by atoms with Crippen molar-refractivity contribution in [3.8, 4) is 11.4 Å². The first-order valence-electron chi connectivity index (χ1n) is 9.87. The summed E-state index contributed by atoms with van der Waals surface area (Å²) in [4.78, 5) is 36.0. The first-order valence-corrected chi connectivity index (χ1v) is 9.87. The minimum absolute atomic E-state index is 0.266. The average molecular weight is 406 g/mol. The number of aromatic nitrogens is 2. The molecule has 0 radical (unpaired) electrons. The quantitative estimate of drug-likeness (QED) is 0.483. The standard InChI is InChI=1S/C25H18N4O2/c1-17-26-22(16-18-10-4-2-5-11-18)25(31)28(17)29-23(19-12-6-3-7-13-19)27-21-15-9-8-14-20(21)24(29)30/h2-16H,1H3/b22-16-. The third-order valence-corrected chi connectivity index (χ3v) is 5.09. The number of nitrogens with zero attached hydrogens (tertiary/aromatic N) is 4. The highest BCUT2D eigenvalue weighted by molar-refractivity contribution is 6.23. The van der Waals surface area contributed by atoms with Crippen LogP contribution in [0, 0.1) is 0 Å². The topological polar surface area (TPSA) is 67.6 Å². The zero-order valence-corrected chi connectivity index (χ0v) is 16.8. The first-order chi connectivity index (χ1) is 15.1. The normalized spacial score (nSPS) is 15.0. The Morgan fingerprint density at radius 2 is 1.45 bits per heavy atom. The van der Waals surface area contributed by atoms with Gasteiger partial charge in [0.25, 0.3) is 11.5 Å². The number of amides is 1. The summed E-state index contributed by atoms with van der Waals surface area (Å²) in [6.07, 6.45) is 1.72. The highest BCUT2D eigenvalue weighted by atomic mass is 16.2. The van der Waals surface area contributed by atoms with E-state index in [1.54, 1.807) is 31.2 Å². The van der Waals surface area contributed by atoms with Gasteiger partial charge in [0, 0.05) is 5.56 Å². The third kappa shape index (κ3) is 3.24. The highest BCUT2D eigenvalue weighted by Crippen LogP contribution is 2.23. The minimum atomic E-state index is -0.377. The van der Waals surface area contributed by atoms with Gasteiger partial charge in [0.2, 0.25) is 0 Å². The molecule has 4 aromatic rings. The van der Waals surface area contributed by atoms with Crippen molar-refractivity contribution in [2.75, 3.05) is 5.01 Å². The maximum absolute atomic E-state index is 13.5. The molecular weight excluding hydrogens is 388 g/mol. The number of hydrogen-bond donors (Lipinski definition) is 0. The van der Waals surface area contributed by atoms with E-state index in [-0.39, 0.29) is 17.2 Å². The van der Waals surface area contributed by atoms with Gasteiger partial charge in [0.05, 0.1) is 10.9 Å². The summed E-state index contributed by atoms with van der Waals surface area (Å²) in [6.45, 7) is 1.71. The van der Waals surface area contributed by atoms with E-state index in [9.17, 15) is 9.59 Å². The third-order valence-electron chi connectivity index (χ3n) is 5.09. The van der Waals surface area contributed by atoms with Crippen molar-refractivity contribution in [1.82, 2.24) is 9.66 Å². The van der Waals surface area contributed by atoms with Gasteiger partial charge in [-0.25, -0.2) is 9.98 Å². The fourth-order valence-corrected chi connectivity index (χ4v) is 3.64. The van der Waals surface area contributed by atoms with E-state index in [0.717, 1.165) is 11.1 Å². The van der Waals surface area contributed by atoms with E-state index in [1.165, 1.54) is 9.69 Å². The predicted octanol–water partition coefficient (Wildman–Crippen LogP) is 4.00. The number of hydrogen-bond acceptors (Lipinski definition) is 4. The van der Waals surface area contributed by atoms with Gasteiger partial charge < -0.3 is 0 Å². The zero-order chi connectivity index (χ0) is 21.4. The fraction of sp³-hybridized carbons (Fsp3) is 0.0400. The SMILES string of the molecule is CC1=N/C(=C\c2ccccc2)C(=O)N1n1c(-c2ccccc2)nc2ccccc2c1=O. The van der Waals surface area contributed by atoms with Gasteiger partial charge in [-0.05, 0) is 30.7 Å². The summed E-state index contributed by atoms with van der Waals surface area (Å²) in [5.41, 5.74) is 2.10. The van der Waals surface area contributed by atoms with Gasteiger partial charge in [0.15, 0.2) is 5.82 Å². The number of aliphatic imine (C=N–C) groups is 1. The molecule has 6 heteroatoms. The second kappa shape index (κ2) is 7.50. The van der Waals surface area contributed by atoms with Crippen LogP contribution in [-0.4, -0.2) is 21.4 Å². The molecule has 0 saturated carbocycles. The minimum Gasteiger partial charge on any atom is -0.267 e. The molecule has 1 amide bonds. The lowest BCUT2D eigenvalue weighted by Gasteiger charge is -2.22. The molecule has 2 heterocycles. The van der Waals surface area contributed by atoms with Gasteiger partial charge in [0.1, 0.15) is 11.5 Å². The van der Waals surface area contributed by atoms with Crippen LogP contribution in [0.4, 0.5) is 0 Å². The molecule has 1 aromatic heterocycles. The molecule has 5 rings (SSSR count). The van der Waals surface area contributed by atoms with Crippen molar-refractivity contribution in [2.24, 2.45) is 4.99 Å². The molecule has 0 saturated heterocycles. The number of carbonyl (C=O) groups is 1. The van der Waals surface area contributed by atoms with E-state index in [4.69, 9.17) is 4.98 Å². The van der Waals surface area contributed by atoms with Crippen LogP contribution in [0.3, 0.4) is 0 Å². The van der Waals surface area contributed by atoms with Crippen molar-refractivity contribution in [2.45, 2.75) is 6.92 Å². The molecule has 0 fully saturated rings. The average Bonchev–Trinajstić information content (AvgIpc) is 3.08. The van der Waals surface area contributed by atoms with E-state index in [0.29, 0.717) is 22.6 Å². The molecule has 0 aliphatic carbocycles. The largest absolute Gasteiger partial charge is 0.297 e. The fourth-order valence-electron chi connectivity index (χ4n) is 3.64. The monoisotopic (exact) mass is 406 g/mol. The van der Waals surface area contributed by atoms with Crippen LogP contribution in [0.5, 0.6) is 0 Å². The first kappa shape index (κ1) is 18.7. The van der Waals surface area contributed by atoms with Crippen LogP contribution in [0.1, 0.15) is 12.5 Å². The Balaban J connectivity index is 1.72. The number of amidine groups is 1. The van der Waals surface area contributed by atoms with Gasteiger partial charge in [-0.15, -0.1) is 0 Å². The van der Waals surface area contributed by atoms with E-state index < -0.39 is 0 Å². The van der Waals surface area contributed by atoms with Gasteiger partial charge in [-0.3, -0.25) is 9.59 Å². The highest BCUT2D eigenvalue weighted by Gasteiger charge is 2.32. The van der Waals surface area contributed by atoms with Crippen LogP contribution in [0.2, 0.25) is 0 Å². The summed E-state index contributed by atoms with van der Waals surface area (Å²) >= 11 is 0. The summed E-state index contributed by atoms with van der Waals surface area (Å²) in [7, 11) is 0. The molecule has 1 aliphatic rings. The molecule has 0 N–H and O–H groups in total. The lowest BCUT2D eigenvalue weighted by atomic mass is 10.2. The second-order valence-corrected chi connectivity index (χ2v) is 7.15. The summed E-state index contributed by atoms with van der Waals surface area (Å²) in [6, 6.07) is 26.0. The van der Waals surface area contributed by atoms with E-state index >= 15 is 0 Å². The molecule has 3 aromatic carbocycles. The van der Waals surface area contributed by atoms with Crippen molar-refractivity contribution in [1.29, 1.82) is 0 Å². The number of rotatable bonds is 3. The molecule has 0 bridgehead atoms. The van der Waals surface area contributed by atoms with Crippen LogP contribution in [0.25, 0.3) is 28.4 Å². The maximum Gasteiger partial charge on any atom is 0.297 e. The summed E-state index contributed by atoms with van der Waals surface area (Å²) in [5.74, 6) is 0.411. The van der Waals surface area contributed by atoms with Crippen molar-refractivity contribution >= 4 is 28.7 Å². The summed E-state index contributed by atoms with van der Waals surface area (Å²) < 4.78 is 1.32. The molecule has 1 aliphatic heterocycles. The molecule has 31 heavy (non-hydrogen) atoms. The van der Waals surface area contributed by atoms with Gasteiger partial charge in [-0.2, -0.15) is 9.69 Å². The Hall–Kier alpha value is -4.32. The smallest absolute Gasteiger partial charge is 0.267 e. The Kier molecular flexibility index (Phi) is 4.52. The van der Waals surface area contributed by atoms with Gasteiger partial charge >= 0.3 is 0 Å². The number of benzene rings is 3. The lowest BCUT2D eigenvalue weighted by Crippen LogP contribution is -2.47. The number of para-hydroxylation sites is 1. The molecule has 150 valence electrons. The Labute approximate surface area is 178 Å². The lowest BCUT2D eigenvalue weighted by molar-refractivity contribution is -0.115. The van der Waals surface area contributed by atoms with Crippen molar-refractivity contribution in [3.05, 3.63) is 107 Å². The zero-order valence-electron chi connectivity index (χ0n) is 16.8. The summed E-state index contributed by atoms with van der Waals surface area (Å²) in [5, 5.41) is 1.74. The molecular formula is C25H18N4O2. The van der Waals surface area contributed by atoms with Crippen molar-refractivity contribution in [3.63, 3.8) is 0 Å². The number of fused-ring (bicyclic) bond motifs is 1. The Morgan fingerprint density at radius 3 is 2.19 bits per heavy atom. The molecule has 0 unspecified atom stereocenters. The van der Waals surface area contributed by atoms with Crippen LogP contribution < -0.4 is 10.6 Å². The maximum atomic E-state index is 13.5. The van der Waals surface area contributed by atoms with Gasteiger partial charge in [-0.1, -0.05) is 72.8 Å². The van der Waals surface area contributed by atoms with Crippen LogP contribution in [0.15, 0.2) is 100 Å².